The number of nitro groups is 1. The minimum Gasteiger partial charge on any atom is -0.493 e. The maximum atomic E-state index is 12.0. The lowest BCUT2D eigenvalue weighted by Crippen LogP contribution is -2.28. The number of carbonyl (C=O) groups is 1. The van der Waals surface area contributed by atoms with Crippen LogP contribution in [0.3, 0.4) is 0 Å². The van der Waals surface area contributed by atoms with E-state index in [1.165, 1.54) is 25.5 Å². The monoisotopic (exact) mass is 419 g/mol. The molecule has 12 nitrogen and oxygen atoms in total. The summed E-state index contributed by atoms with van der Waals surface area (Å²) >= 11 is 0. The summed E-state index contributed by atoms with van der Waals surface area (Å²) in [7, 11) is 1.35. The molecular weight excluding hydrogens is 398 g/mol. The fraction of sp³-hybridized carbons (Fsp3) is 0.333. The first-order valence-electron chi connectivity index (χ1n) is 8.90. The van der Waals surface area contributed by atoms with Gasteiger partial charge in [0.05, 0.1) is 24.9 Å². The Morgan fingerprint density at radius 2 is 2.07 bits per heavy atom. The number of aryl methyl sites for hydroxylation is 1. The summed E-state index contributed by atoms with van der Waals surface area (Å²) in [6.07, 6.45) is 1.27. The molecule has 3 N–H and O–H groups in total. The molecule has 0 aliphatic carbocycles. The summed E-state index contributed by atoms with van der Waals surface area (Å²) in [5, 5.41) is 15.1. The maximum Gasteiger partial charge on any atom is 0.325 e. The Morgan fingerprint density at radius 3 is 2.67 bits per heavy atom. The van der Waals surface area contributed by atoms with Crippen LogP contribution in [0.5, 0.6) is 11.5 Å². The molecule has 1 amide bonds. The van der Waals surface area contributed by atoms with Crippen LogP contribution >= 0.6 is 0 Å². The molecular formula is C18H21N5O7. The van der Waals surface area contributed by atoms with Gasteiger partial charge in [0.15, 0.2) is 5.75 Å². The van der Waals surface area contributed by atoms with Crippen LogP contribution in [-0.2, 0) is 11.2 Å². The molecule has 2 aromatic rings. The number of aromatic amines is 2. The van der Waals surface area contributed by atoms with Gasteiger partial charge in [-0.1, -0.05) is 0 Å². The number of rotatable bonds is 9. The molecule has 0 bridgehead atoms. The Kier molecular flexibility index (Phi) is 7.44. The standard InChI is InChI=1S/C18H21N5O7/c1-4-30-16-13(23(27)28)7-11(8-14(16)29-3)9-19-22-15(24)6-5-12-10(2)20-18(26)21-17(12)25/h7-9H,4-6H2,1-3H3,(H,22,24)(H2,20,21,25,26)/b19-9+. The molecule has 160 valence electrons. The number of nitrogens with zero attached hydrogens (tertiary/aromatic N) is 2. The Bertz CT molecular complexity index is 1090. The number of hydrazone groups is 1. The molecule has 0 atom stereocenters. The summed E-state index contributed by atoms with van der Waals surface area (Å²) in [6.45, 7) is 3.48. The first kappa shape index (κ1) is 22.3. The van der Waals surface area contributed by atoms with Gasteiger partial charge in [-0.2, -0.15) is 5.10 Å². The van der Waals surface area contributed by atoms with Crippen molar-refractivity contribution in [3.05, 3.63) is 59.9 Å². The van der Waals surface area contributed by atoms with Gasteiger partial charge in [-0.05, 0) is 26.3 Å². The molecule has 1 heterocycles. The highest BCUT2D eigenvalue weighted by atomic mass is 16.6. The van der Waals surface area contributed by atoms with Gasteiger partial charge >= 0.3 is 11.4 Å². The Morgan fingerprint density at radius 1 is 1.33 bits per heavy atom. The molecule has 12 heteroatoms. The molecule has 0 aliphatic rings. The van der Waals surface area contributed by atoms with Crippen LogP contribution in [0.25, 0.3) is 0 Å². The fourth-order valence-electron chi connectivity index (χ4n) is 2.66. The van der Waals surface area contributed by atoms with Crippen molar-refractivity contribution in [2.45, 2.75) is 26.7 Å². The number of hydrogen-bond donors (Lipinski definition) is 3. The highest BCUT2D eigenvalue weighted by Gasteiger charge is 2.21. The van der Waals surface area contributed by atoms with Crippen LogP contribution in [0, 0.1) is 17.0 Å². The molecule has 0 saturated carbocycles. The lowest BCUT2D eigenvalue weighted by atomic mass is 10.1. The van der Waals surface area contributed by atoms with E-state index in [4.69, 9.17) is 9.47 Å². The molecule has 0 radical (unpaired) electrons. The van der Waals surface area contributed by atoms with E-state index in [-0.39, 0.29) is 36.6 Å². The second-order valence-corrected chi connectivity index (χ2v) is 6.07. The number of amides is 1. The van der Waals surface area contributed by atoms with Crippen LogP contribution in [0.15, 0.2) is 26.8 Å². The van der Waals surface area contributed by atoms with Crippen molar-refractivity contribution in [2.24, 2.45) is 5.10 Å². The van der Waals surface area contributed by atoms with Gasteiger partial charge in [-0.25, -0.2) is 10.2 Å². The van der Waals surface area contributed by atoms with Crippen molar-refractivity contribution in [3.63, 3.8) is 0 Å². The van der Waals surface area contributed by atoms with Crippen molar-refractivity contribution in [3.8, 4) is 11.5 Å². The fourth-order valence-corrected chi connectivity index (χ4v) is 2.66. The Hall–Kier alpha value is -3.96. The topological polar surface area (TPSA) is 169 Å². The normalized spacial score (nSPS) is 10.8. The zero-order valence-corrected chi connectivity index (χ0v) is 16.6. The van der Waals surface area contributed by atoms with Gasteiger partial charge in [-0.15, -0.1) is 0 Å². The van der Waals surface area contributed by atoms with Crippen LogP contribution in [0.4, 0.5) is 5.69 Å². The van der Waals surface area contributed by atoms with Crippen molar-refractivity contribution in [2.75, 3.05) is 13.7 Å². The molecule has 30 heavy (non-hydrogen) atoms. The van der Waals surface area contributed by atoms with Gasteiger partial charge in [-0.3, -0.25) is 24.7 Å². The zero-order valence-electron chi connectivity index (χ0n) is 16.6. The number of aromatic nitrogens is 2. The summed E-state index contributed by atoms with van der Waals surface area (Å²) in [4.78, 5) is 50.2. The summed E-state index contributed by atoms with van der Waals surface area (Å²) in [6, 6.07) is 2.73. The van der Waals surface area contributed by atoms with E-state index in [0.717, 1.165) is 0 Å². The number of methoxy groups -OCH3 is 1. The predicted octanol–water partition coefficient (Wildman–Crippen LogP) is 0.770. The average Bonchev–Trinajstić information content (AvgIpc) is 2.67. The first-order valence-corrected chi connectivity index (χ1v) is 8.90. The van der Waals surface area contributed by atoms with Crippen molar-refractivity contribution in [1.29, 1.82) is 0 Å². The largest absolute Gasteiger partial charge is 0.493 e. The van der Waals surface area contributed by atoms with E-state index in [0.29, 0.717) is 16.8 Å². The quantitative estimate of drug-likeness (QED) is 0.306. The zero-order chi connectivity index (χ0) is 22.3. The highest BCUT2D eigenvalue weighted by Crippen LogP contribution is 2.37. The third-order valence-corrected chi connectivity index (χ3v) is 4.02. The summed E-state index contributed by atoms with van der Waals surface area (Å²) < 4.78 is 10.4. The first-order chi connectivity index (χ1) is 14.3. The SMILES string of the molecule is CCOc1c(OC)cc(/C=N/NC(=O)CCc2c(C)[nH]c(=O)[nH]c2=O)cc1[N+](=O)[O-]. The molecule has 0 saturated heterocycles. The summed E-state index contributed by atoms with van der Waals surface area (Å²) in [5.41, 5.74) is 1.81. The van der Waals surface area contributed by atoms with Gasteiger partial charge < -0.3 is 14.5 Å². The smallest absolute Gasteiger partial charge is 0.325 e. The maximum absolute atomic E-state index is 12.0. The van der Waals surface area contributed by atoms with Crippen LogP contribution in [0.2, 0.25) is 0 Å². The lowest BCUT2D eigenvalue weighted by Gasteiger charge is -2.10. The number of ether oxygens (including phenoxy) is 2. The second kappa shape index (κ2) is 10.0. The Balaban J connectivity index is 2.08. The van der Waals surface area contributed by atoms with E-state index in [1.54, 1.807) is 13.8 Å². The highest BCUT2D eigenvalue weighted by molar-refractivity contribution is 5.85. The van der Waals surface area contributed by atoms with Gasteiger partial charge in [0.25, 0.3) is 5.56 Å². The van der Waals surface area contributed by atoms with Crippen molar-refractivity contribution >= 4 is 17.8 Å². The van der Waals surface area contributed by atoms with Crippen LogP contribution in [0.1, 0.15) is 30.2 Å². The third-order valence-electron chi connectivity index (χ3n) is 4.02. The molecule has 0 fully saturated rings. The average molecular weight is 419 g/mol. The number of H-pyrrole nitrogens is 2. The lowest BCUT2D eigenvalue weighted by molar-refractivity contribution is -0.385. The van der Waals surface area contributed by atoms with Crippen molar-refractivity contribution < 1.29 is 19.2 Å². The number of nitrogens with one attached hydrogen (secondary N) is 3. The Labute approximate surface area is 170 Å². The minimum absolute atomic E-state index is 0.00711. The van der Waals surface area contributed by atoms with E-state index in [9.17, 15) is 24.5 Å². The van der Waals surface area contributed by atoms with E-state index in [2.05, 4.69) is 20.5 Å². The van der Waals surface area contributed by atoms with Gasteiger partial charge in [0, 0.05) is 29.3 Å². The van der Waals surface area contributed by atoms with Gasteiger partial charge in [0.1, 0.15) is 0 Å². The third kappa shape index (κ3) is 5.53. The van der Waals surface area contributed by atoms with E-state index < -0.39 is 22.1 Å². The van der Waals surface area contributed by atoms with E-state index >= 15 is 0 Å². The summed E-state index contributed by atoms with van der Waals surface area (Å²) in [5.74, 6) is -0.317. The molecule has 1 aromatic carbocycles. The number of benzene rings is 1. The number of nitro benzene ring substituents is 1. The molecule has 2 rings (SSSR count). The van der Waals surface area contributed by atoms with Crippen molar-refractivity contribution in [1.82, 2.24) is 15.4 Å². The molecule has 0 aliphatic heterocycles. The van der Waals surface area contributed by atoms with Crippen LogP contribution in [-0.4, -0.2) is 40.7 Å². The molecule has 0 unspecified atom stereocenters. The molecule has 1 aromatic heterocycles. The number of hydrogen-bond acceptors (Lipinski definition) is 8. The predicted molar refractivity (Wildman–Crippen MR) is 107 cm³/mol. The number of carbonyl (C=O) groups excluding carboxylic acids is 1. The minimum atomic E-state index is -0.616. The van der Waals surface area contributed by atoms with E-state index in [1.807, 2.05) is 0 Å². The van der Waals surface area contributed by atoms with Crippen LogP contribution < -0.4 is 26.1 Å². The molecule has 0 spiro atoms. The second-order valence-electron chi connectivity index (χ2n) is 6.07. The van der Waals surface area contributed by atoms with Gasteiger partial charge in [0.2, 0.25) is 11.7 Å².